The van der Waals surface area contributed by atoms with Gasteiger partial charge in [-0.15, -0.1) is 0 Å². The number of nitriles is 1. The molecule has 1 aliphatic carbocycles. The van der Waals surface area contributed by atoms with Crippen LogP contribution in [0.25, 0.3) is 0 Å². The van der Waals surface area contributed by atoms with E-state index in [4.69, 9.17) is 5.26 Å². The van der Waals surface area contributed by atoms with Gasteiger partial charge in [0.2, 0.25) is 0 Å². The van der Waals surface area contributed by atoms with Gasteiger partial charge in [-0.1, -0.05) is 32.4 Å². The van der Waals surface area contributed by atoms with Crippen molar-refractivity contribution in [3.05, 3.63) is 29.8 Å². The van der Waals surface area contributed by atoms with Gasteiger partial charge in [-0.3, -0.25) is 0 Å². The van der Waals surface area contributed by atoms with Gasteiger partial charge in [-0.25, -0.2) is 0 Å². The molecule has 2 rings (SSSR count). The first kappa shape index (κ1) is 13.0. The highest BCUT2D eigenvalue weighted by Gasteiger charge is 2.24. The Kier molecular flexibility index (Phi) is 3.91. The molecule has 0 bridgehead atoms. The number of nitrogens with zero attached hydrogens (tertiary/aromatic N) is 1. The van der Waals surface area contributed by atoms with E-state index in [1.807, 2.05) is 24.3 Å². The molecule has 1 fully saturated rings. The molecule has 0 heterocycles. The van der Waals surface area contributed by atoms with Gasteiger partial charge in [0, 0.05) is 6.04 Å². The number of para-hydroxylation sites is 1. The first-order valence-electron chi connectivity index (χ1n) is 6.86. The second kappa shape index (κ2) is 5.44. The molecule has 1 unspecified atom stereocenters. The largest absolute Gasteiger partial charge is 0.381 e. The highest BCUT2D eigenvalue weighted by Crippen LogP contribution is 2.34. The van der Waals surface area contributed by atoms with Crippen LogP contribution in [0, 0.1) is 16.7 Å². The van der Waals surface area contributed by atoms with Crippen molar-refractivity contribution in [1.29, 1.82) is 5.26 Å². The fourth-order valence-electron chi connectivity index (χ4n) is 2.73. The minimum Gasteiger partial charge on any atom is -0.381 e. The van der Waals surface area contributed by atoms with Gasteiger partial charge in [0.15, 0.2) is 0 Å². The van der Waals surface area contributed by atoms with E-state index in [-0.39, 0.29) is 0 Å². The molecule has 18 heavy (non-hydrogen) atoms. The number of rotatable bonds is 2. The maximum Gasteiger partial charge on any atom is 0.101 e. The summed E-state index contributed by atoms with van der Waals surface area (Å²) in [4.78, 5) is 0. The van der Waals surface area contributed by atoms with Gasteiger partial charge >= 0.3 is 0 Å². The Bertz CT molecular complexity index is 443. The summed E-state index contributed by atoms with van der Waals surface area (Å²) in [5.41, 5.74) is 2.22. The monoisotopic (exact) mass is 242 g/mol. The third kappa shape index (κ3) is 3.26. The first-order valence-corrected chi connectivity index (χ1v) is 6.86. The van der Waals surface area contributed by atoms with Crippen molar-refractivity contribution in [1.82, 2.24) is 0 Å². The van der Waals surface area contributed by atoms with Crippen LogP contribution in [0.15, 0.2) is 24.3 Å². The summed E-state index contributed by atoms with van der Waals surface area (Å²) >= 11 is 0. The zero-order valence-corrected chi connectivity index (χ0v) is 11.4. The van der Waals surface area contributed by atoms with Crippen molar-refractivity contribution in [2.75, 3.05) is 5.32 Å². The SMILES string of the molecule is CC1(C)CCCC(Nc2ccccc2C#N)CC1. The van der Waals surface area contributed by atoms with Crippen molar-refractivity contribution < 1.29 is 0 Å². The molecule has 96 valence electrons. The molecular weight excluding hydrogens is 220 g/mol. The summed E-state index contributed by atoms with van der Waals surface area (Å²) in [6.07, 6.45) is 6.26. The van der Waals surface area contributed by atoms with E-state index in [0.717, 1.165) is 11.3 Å². The lowest BCUT2D eigenvalue weighted by molar-refractivity contribution is 0.313. The van der Waals surface area contributed by atoms with Gasteiger partial charge in [0.1, 0.15) is 6.07 Å². The standard InChI is InChI=1S/C16H22N2/c1-16(2)10-5-7-14(9-11-16)18-15-8-4-3-6-13(15)12-17/h3-4,6,8,14,18H,5,7,9-11H2,1-2H3. The van der Waals surface area contributed by atoms with Crippen LogP contribution in [0.1, 0.15) is 51.5 Å². The van der Waals surface area contributed by atoms with E-state index >= 15 is 0 Å². The number of hydrogen-bond donors (Lipinski definition) is 1. The summed E-state index contributed by atoms with van der Waals surface area (Å²) in [7, 11) is 0. The lowest BCUT2D eigenvalue weighted by Gasteiger charge is -2.22. The fraction of sp³-hybridized carbons (Fsp3) is 0.562. The maximum atomic E-state index is 9.10. The number of hydrogen-bond acceptors (Lipinski definition) is 2. The topological polar surface area (TPSA) is 35.8 Å². The van der Waals surface area contributed by atoms with E-state index in [1.165, 1.54) is 32.1 Å². The average Bonchev–Trinajstić information content (AvgIpc) is 2.52. The van der Waals surface area contributed by atoms with E-state index in [9.17, 15) is 0 Å². The van der Waals surface area contributed by atoms with Crippen LogP contribution in [0.4, 0.5) is 5.69 Å². The van der Waals surface area contributed by atoms with Gasteiger partial charge < -0.3 is 5.32 Å². The van der Waals surface area contributed by atoms with Crippen LogP contribution in [0.3, 0.4) is 0 Å². The molecule has 1 aromatic rings. The van der Waals surface area contributed by atoms with Gasteiger partial charge in [-0.05, 0) is 43.2 Å². The average molecular weight is 242 g/mol. The zero-order chi connectivity index (χ0) is 13.0. The van der Waals surface area contributed by atoms with Crippen LogP contribution < -0.4 is 5.32 Å². The molecule has 1 aromatic carbocycles. The van der Waals surface area contributed by atoms with Crippen molar-refractivity contribution in [3.8, 4) is 6.07 Å². The van der Waals surface area contributed by atoms with E-state index in [0.29, 0.717) is 11.5 Å². The predicted molar refractivity (Wildman–Crippen MR) is 75.4 cm³/mol. The van der Waals surface area contributed by atoms with Crippen molar-refractivity contribution in [2.24, 2.45) is 5.41 Å². The van der Waals surface area contributed by atoms with Crippen LogP contribution in [0.5, 0.6) is 0 Å². The summed E-state index contributed by atoms with van der Waals surface area (Å²) in [6.45, 7) is 4.72. The Morgan fingerprint density at radius 1 is 1.22 bits per heavy atom. The summed E-state index contributed by atoms with van der Waals surface area (Å²) in [5.74, 6) is 0. The lowest BCUT2D eigenvalue weighted by Crippen LogP contribution is -2.19. The van der Waals surface area contributed by atoms with Crippen molar-refractivity contribution >= 4 is 5.69 Å². The molecule has 0 aliphatic heterocycles. The second-order valence-electron chi connectivity index (χ2n) is 6.09. The van der Waals surface area contributed by atoms with Crippen LogP contribution in [0.2, 0.25) is 0 Å². The number of nitrogens with one attached hydrogen (secondary N) is 1. The Balaban J connectivity index is 2.04. The van der Waals surface area contributed by atoms with Crippen LogP contribution in [-0.4, -0.2) is 6.04 Å². The predicted octanol–water partition coefficient (Wildman–Crippen LogP) is 4.33. The third-order valence-corrected chi connectivity index (χ3v) is 3.98. The quantitative estimate of drug-likeness (QED) is 0.783. The second-order valence-corrected chi connectivity index (χ2v) is 6.09. The number of benzene rings is 1. The number of anilines is 1. The molecule has 2 heteroatoms. The van der Waals surface area contributed by atoms with Gasteiger partial charge in [-0.2, -0.15) is 5.26 Å². The zero-order valence-electron chi connectivity index (χ0n) is 11.4. The molecular formula is C16H22N2. The Hall–Kier alpha value is -1.49. The lowest BCUT2D eigenvalue weighted by atomic mass is 9.85. The molecule has 2 nitrogen and oxygen atoms in total. The van der Waals surface area contributed by atoms with Crippen LogP contribution >= 0.6 is 0 Å². The van der Waals surface area contributed by atoms with Gasteiger partial charge in [0.25, 0.3) is 0 Å². The van der Waals surface area contributed by atoms with E-state index in [1.54, 1.807) is 0 Å². The van der Waals surface area contributed by atoms with Crippen molar-refractivity contribution in [3.63, 3.8) is 0 Å². The molecule has 0 radical (unpaired) electrons. The summed E-state index contributed by atoms with van der Waals surface area (Å²) < 4.78 is 0. The minimum absolute atomic E-state index is 0.477. The molecule has 0 aromatic heterocycles. The summed E-state index contributed by atoms with van der Waals surface area (Å²) in [5, 5.41) is 12.7. The molecule has 1 atom stereocenters. The Morgan fingerprint density at radius 2 is 2.00 bits per heavy atom. The first-order chi connectivity index (χ1) is 8.61. The Labute approximate surface area is 110 Å². The van der Waals surface area contributed by atoms with Crippen LogP contribution in [-0.2, 0) is 0 Å². The van der Waals surface area contributed by atoms with E-state index < -0.39 is 0 Å². The molecule has 0 spiro atoms. The molecule has 1 aliphatic rings. The molecule has 1 saturated carbocycles. The minimum atomic E-state index is 0.477. The van der Waals surface area contributed by atoms with E-state index in [2.05, 4.69) is 25.2 Å². The fourth-order valence-corrected chi connectivity index (χ4v) is 2.73. The molecule has 0 amide bonds. The van der Waals surface area contributed by atoms with Gasteiger partial charge in [0.05, 0.1) is 11.3 Å². The molecule has 1 N–H and O–H groups in total. The Morgan fingerprint density at radius 3 is 2.78 bits per heavy atom. The smallest absolute Gasteiger partial charge is 0.101 e. The van der Waals surface area contributed by atoms with Crippen molar-refractivity contribution in [2.45, 2.75) is 52.0 Å². The highest BCUT2D eigenvalue weighted by atomic mass is 14.9. The highest BCUT2D eigenvalue weighted by molar-refractivity contribution is 5.57. The maximum absolute atomic E-state index is 9.10. The summed E-state index contributed by atoms with van der Waals surface area (Å²) in [6, 6.07) is 10.6. The molecule has 0 saturated heterocycles. The normalized spacial score (nSPS) is 22.8. The third-order valence-electron chi connectivity index (χ3n) is 3.98.